The summed E-state index contributed by atoms with van der Waals surface area (Å²) >= 11 is 3.02. The van der Waals surface area contributed by atoms with Crippen molar-refractivity contribution in [1.29, 1.82) is 0 Å². The van der Waals surface area contributed by atoms with Gasteiger partial charge in [0, 0.05) is 10.4 Å². The van der Waals surface area contributed by atoms with E-state index in [1.165, 1.54) is 23.4 Å². The first-order valence-electron chi connectivity index (χ1n) is 9.96. The third-order valence-corrected chi connectivity index (χ3v) is 8.49. The second-order valence-electron chi connectivity index (χ2n) is 7.70. The van der Waals surface area contributed by atoms with Crippen LogP contribution in [0.3, 0.4) is 0 Å². The Morgan fingerprint density at radius 3 is 2.97 bits per heavy atom. The number of aryl methyl sites for hydroxylation is 1. The molecule has 1 spiro atoms. The van der Waals surface area contributed by atoms with Crippen LogP contribution in [0.15, 0.2) is 34.7 Å². The number of rotatable bonds is 2. The average molecular weight is 434 g/mol. The largest absolute Gasteiger partial charge is 0.306 e. The Labute approximate surface area is 176 Å². The monoisotopic (exact) mass is 433 g/mol. The Morgan fingerprint density at radius 1 is 1.24 bits per heavy atom. The van der Waals surface area contributed by atoms with Crippen LogP contribution in [-0.2, 0) is 16.1 Å². The number of benzene rings is 1. The van der Waals surface area contributed by atoms with Gasteiger partial charge in [-0.1, -0.05) is 11.8 Å². The first-order chi connectivity index (χ1) is 14.1. The summed E-state index contributed by atoms with van der Waals surface area (Å²) in [6.07, 6.45) is 5.42. The van der Waals surface area contributed by atoms with Crippen LogP contribution in [0, 0.1) is 11.6 Å². The number of carbonyl (C=O) groups excluding carboxylic acids is 1. The number of hydrazone groups is 1. The van der Waals surface area contributed by atoms with E-state index in [1.807, 2.05) is 0 Å². The fraction of sp³-hybridized carbons (Fsp3) is 0.429. The molecule has 3 heterocycles. The zero-order chi connectivity index (χ0) is 20.0. The molecular formula is C21H21F2N3OS2. The van der Waals surface area contributed by atoms with E-state index in [-0.39, 0.29) is 17.5 Å². The first-order valence-corrected chi connectivity index (χ1v) is 11.7. The summed E-state index contributed by atoms with van der Waals surface area (Å²) in [7, 11) is 0. The lowest BCUT2D eigenvalue weighted by Crippen LogP contribution is -2.48. The van der Waals surface area contributed by atoms with Crippen LogP contribution in [0.2, 0.25) is 0 Å². The zero-order valence-corrected chi connectivity index (χ0v) is 17.4. The Morgan fingerprint density at radius 2 is 2.14 bits per heavy atom. The van der Waals surface area contributed by atoms with Crippen molar-refractivity contribution in [3.8, 4) is 0 Å². The molecule has 1 N–H and O–H groups in total. The molecule has 1 aromatic heterocycles. The van der Waals surface area contributed by atoms with Gasteiger partial charge in [-0.15, -0.1) is 11.3 Å². The number of halogens is 2. The summed E-state index contributed by atoms with van der Waals surface area (Å²) in [6, 6.07) is 5.23. The molecule has 1 aromatic carbocycles. The highest BCUT2D eigenvalue weighted by atomic mass is 32.2. The molecule has 0 saturated carbocycles. The Kier molecular flexibility index (Phi) is 4.96. The molecule has 0 radical (unpaired) electrons. The predicted octanol–water partition coefficient (Wildman–Crippen LogP) is 4.59. The summed E-state index contributed by atoms with van der Waals surface area (Å²) in [5.41, 5.74) is 1.35. The summed E-state index contributed by atoms with van der Waals surface area (Å²) in [5, 5.41) is 11.9. The topological polar surface area (TPSA) is 44.7 Å². The van der Waals surface area contributed by atoms with Gasteiger partial charge in [-0.05, 0) is 80.3 Å². The lowest BCUT2D eigenvalue weighted by Gasteiger charge is -2.35. The quantitative estimate of drug-likeness (QED) is 0.753. The van der Waals surface area contributed by atoms with Crippen LogP contribution in [0.4, 0.5) is 8.78 Å². The Balaban J connectivity index is 1.63. The van der Waals surface area contributed by atoms with E-state index < -0.39 is 16.5 Å². The van der Waals surface area contributed by atoms with Crippen molar-refractivity contribution in [1.82, 2.24) is 10.3 Å². The highest BCUT2D eigenvalue weighted by Crippen LogP contribution is 2.55. The van der Waals surface area contributed by atoms with E-state index in [0.29, 0.717) is 5.04 Å². The summed E-state index contributed by atoms with van der Waals surface area (Å²) < 4.78 is 28.4. The van der Waals surface area contributed by atoms with Crippen LogP contribution in [0.25, 0.3) is 0 Å². The molecule has 0 bridgehead atoms. The van der Waals surface area contributed by atoms with Gasteiger partial charge in [0.25, 0.3) is 5.91 Å². The fourth-order valence-corrected chi connectivity index (χ4v) is 7.13. The van der Waals surface area contributed by atoms with Gasteiger partial charge in [0.15, 0.2) is 4.87 Å². The van der Waals surface area contributed by atoms with E-state index in [1.54, 1.807) is 16.3 Å². The third-order valence-electron chi connectivity index (χ3n) is 5.84. The number of nitrogens with one attached hydrogen (secondary N) is 1. The molecule has 152 valence electrons. The van der Waals surface area contributed by atoms with Gasteiger partial charge in [0.2, 0.25) is 0 Å². The van der Waals surface area contributed by atoms with Crippen LogP contribution >= 0.6 is 23.1 Å². The number of amides is 1. The Hall–Kier alpha value is -1.77. The van der Waals surface area contributed by atoms with E-state index in [9.17, 15) is 13.6 Å². The molecule has 8 heteroatoms. The normalized spacial score (nSPS) is 26.5. The van der Waals surface area contributed by atoms with Crippen molar-refractivity contribution >= 4 is 34.0 Å². The third kappa shape index (κ3) is 3.21. The van der Waals surface area contributed by atoms with Gasteiger partial charge in [0.05, 0.1) is 6.04 Å². The van der Waals surface area contributed by atoms with Gasteiger partial charge < -0.3 is 5.32 Å². The number of nitrogens with zero attached hydrogens (tertiary/aromatic N) is 2. The second-order valence-corrected chi connectivity index (χ2v) is 9.88. The van der Waals surface area contributed by atoms with Crippen molar-refractivity contribution in [3.63, 3.8) is 0 Å². The molecule has 1 aliphatic carbocycles. The Bertz CT molecular complexity index is 986. The van der Waals surface area contributed by atoms with E-state index in [0.717, 1.165) is 62.1 Å². The number of thiophene rings is 1. The molecule has 2 unspecified atom stereocenters. The van der Waals surface area contributed by atoms with Crippen LogP contribution in [-0.4, -0.2) is 28.5 Å². The minimum Gasteiger partial charge on any atom is -0.306 e. The number of hydrogen-bond donors (Lipinski definition) is 1. The fourth-order valence-electron chi connectivity index (χ4n) is 4.40. The molecule has 2 aromatic rings. The van der Waals surface area contributed by atoms with E-state index >= 15 is 0 Å². The predicted molar refractivity (Wildman–Crippen MR) is 112 cm³/mol. The van der Waals surface area contributed by atoms with Gasteiger partial charge in [-0.2, -0.15) is 5.10 Å². The highest BCUT2D eigenvalue weighted by molar-refractivity contribution is 8.15. The van der Waals surface area contributed by atoms with Crippen LogP contribution in [0.1, 0.15) is 48.1 Å². The highest BCUT2D eigenvalue weighted by Gasteiger charge is 2.52. The molecule has 2 atom stereocenters. The zero-order valence-electron chi connectivity index (χ0n) is 15.8. The standard InChI is InChI=1S/C21H21F2N3OS2/c22-14-6-7-16(23)15(12-14)19-25-26(20(27)17-5-3-10-24-17)21(29-19)9-2-1-4-13-8-11-28-18(13)21/h6-8,11-12,17,24H,1-5,9-10H2. The minimum absolute atomic E-state index is 0.0805. The lowest BCUT2D eigenvalue weighted by atomic mass is 10.1. The maximum atomic E-state index is 14.5. The van der Waals surface area contributed by atoms with Crippen molar-refractivity contribution < 1.29 is 13.6 Å². The minimum atomic E-state index is -0.685. The molecule has 4 nitrogen and oxygen atoms in total. The molecule has 5 rings (SSSR count). The maximum Gasteiger partial charge on any atom is 0.261 e. The molecule has 1 saturated heterocycles. The number of fused-ring (bicyclic) bond motifs is 2. The molecular weight excluding hydrogens is 412 g/mol. The van der Waals surface area contributed by atoms with E-state index in [2.05, 4.69) is 21.9 Å². The van der Waals surface area contributed by atoms with Crippen LogP contribution < -0.4 is 5.32 Å². The SMILES string of the molecule is O=C(C1CCCN1)N1N=C(c2cc(F)ccc2F)SC12CCCCc1ccsc12. The molecule has 1 amide bonds. The molecule has 1 fully saturated rings. The summed E-state index contributed by atoms with van der Waals surface area (Å²) in [6.45, 7) is 0.809. The second kappa shape index (κ2) is 7.49. The van der Waals surface area contributed by atoms with Crippen molar-refractivity contribution in [2.45, 2.75) is 49.4 Å². The smallest absolute Gasteiger partial charge is 0.261 e. The van der Waals surface area contributed by atoms with Gasteiger partial charge in [-0.25, -0.2) is 13.8 Å². The number of thioether (sulfide) groups is 1. The van der Waals surface area contributed by atoms with Crippen molar-refractivity contribution in [2.75, 3.05) is 6.54 Å². The first kappa shape index (κ1) is 19.2. The molecule has 29 heavy (non-hydrogen) atoms. The molecule has 2 aliphatic heterocycles. The van der Waals surface area contributed by atoms with Gasteiger partial charge in [-0.3, -0.25) is 4.79 Å². The summed E-state index contributed by atoms with van der Waals surface area (Å²) in [4.78, 5) is 13.9. The average Bonchev–Trinajstić information content (AvgIpc) is 3.45. The van der Waals surface area contributed by atoms with Crippen molar-refractivity contribution in [2.24, 2.45) is 5.10 Å². The number of hydrogen-bond acceptors (Lipinski definition) is 5. The van der Waals surface area contributed by atoms with Crippen LogP contribution in [0.5, 0.6) is 0 Å². The lowest BCUT2D eigenvalue weighted by molar-refractivity contribution is -0.136. The number of carbonyl (C=O) groups is 1. The molecule has 3 aliphatic rings. The van der Waals surface area contributed by atoms with Crippen molar-refractivity contribution in [3.05, 3.63) is 57.3 Å². The summed E-state index contributed by atoms with van der Waals surface area (Å²) in [5.74, 6) is -1.12. The maximum absolute atomic E-state index is 14.5. The van der Waals surface area contributed by atoms with E-state index in [4.69, 9.17) is 0 Å². The van der Waals surface area contributed by atoms with Gasteiger partial charge >= 0.3 is 0 Å². The van der Waals surface area contributed by atoms with Gasteiger partial charge in [0.1, 0.15) is 16.7 Å².